The highest BCUT2D eigenvalue weighted by molar-refractivity contribution is 6.03. The molecule has 0 spiro atoms. The van der Waals surface area contributed by atoms with Gasteiger partial charge < -0.3 is 16.0 Å². The van der Waals surface area contributed by atoms with Crippen LogP contribution in [0.25, 0.3) is 0 Å². The molecule has 4 heteroatoms. The first kappa shape index (κ1) is 17.7. The van der Waals surface area contributed by atoms with E-state index in [1.165, 1.54) is 55.2 Å². The lowest BCUT2D eigenvalue weighted by atomic mass is 9.79. The zero-order valence-corrected chi connectivity index (χ0v) is 16.8. The average Bonchev–Trinajstić information content (AvgIpc) is 3.44. The number of anilines is 1. The third-order valence-corrected chi connectivity index (χ3v) is 7.68. The van der Waals surface area contributed by atoms with Gasteiger partial charge in [0, 0.05) is 24.3 Å². The zero-order valence-electron chi connectivity index (χ0n) is 16.8. The van der Waals surface area contributed by atoms with Gasteiger partial charge in [-0.05, 0) is 67.2 Å². The molecule has 4 unspecified atom stereocenters. The number of benzene rings is 2. The summed E-state index contributed by atoms with van der Waals surface area (Å²) < 4.78 is 0. The summed E-state index contributed by atoms with van der Waals surface area (Å²) in [5.41, 5.74) is 4.95. The van der Waals surface area contributed by atoms with Crippen molar-refractivity contribution in [2.24, 2.45) is 5.92 Å². The van der Waals surface area contributed by atoms with Crippen LogP contribution in [0, 0.1) is 5.92 Å². The monoisotopic (exact) mass is 387 g/mol. The molecule has 3 heterocycles. The van der Waals surface area contributed by atoms with Crippen molar-refractivity contribution in [3.05, 3.63) is 65.2 Å². The first-order valence-electron chi connectivity index (χ1n) is 11.2. The number of piperidine rings is 1. The molecule has 1 amide bonds. The Bertz CT molecular complexity index is 938. The summed E-state index contributed by atoms with van der Waals surface area (Å²) in [6.07, 6.45) is 7.30. The van der Waals surface area contributed by atoms with E-state index in [1.807, 2.05) is 0 Å². The maximum absolute atomic E-state index is 12.4. The third-order valence-electron chi connectivity index (χ3n) is 7.68. The fraction of sp³-hybridized carbons (Fsp3) is 0.480. The van der Waals surface area contributed by atoms with Crippen LogP contribution in [0.15, 0.2) is 48.5 Å². The molecule has 1 aliphatic carbocycles. The molecule has 2 saturated heterocycles. The quantitative estimate of drug-likeness (QED) is 0.726. The number of hydrogen-bond donors (Lipinski definition) is 3. The molecule has 2 bridgehead atoms. The van der Waals surface area contributed by atoms with Gasteiger partial charge in [0.25, 0.3) is 0 Å². The van der Waals surface area contributed by atoms with E-state index in [1.54, 1.807) is 0 Å². The second-order valence-electron chi connectivity index (χ2n) is 9.45. The van der Waals surface area contributed by atoms with Crippen LogP contribution in [0.2, 0.25) is 0 Å². The van der Waals surface area contributed by atoms with E-state index < -0.39 is 0 Å². The summed E-state index contributed by atoms with van der Waals surface area (Å²) in [5.74, 6) is 0.852. The third kappa shape index (κ3) is 2.92. The number of carbonyl (C=O) groups excluding carboxylic acids is 1. The van der Waals surface area contributed by atoms with Crippen LogP contribution >= 0.6 is 0 Å². The molecule has 3 N–H and O–H groups in total. The maximum atomic E-state index is 12.4. The van der Waals surface area contributed by atoms with E-state index in [0.717, 1.165) is 12.2 Å². The second kappa shape index (κ2) is 6.68. The standard InChI is InChI=1S/C25H29N3O/c29-24-23(17-7-8-17)20-10-6-16(14-21(20)27-24)15-26-22-11-9-19-12-13-25(22,28-19)18-4-2-1-3-5-18/h1-6,10,14,17,19,22-23,26,28H,7-9,11-13,15H2,(H,27,29). The van der Waals surface area contributed by atoms with Crippen LogP contribution in [0.3, 0.4) is 0 Å². The minimum absolute atomic E-state index is 0.0478. The van der Waals surface area contributed by atoms with E-state index >= 15 is 0 Å². The summed E-state index contributed by atoms with van der Waals surface area (Å²) in [4.78, 5) is 12.4. The molecule has 3 aliphatic heterocycles. The summed E-state index contributed by atoms with van der Waals surface area (Å²) in [6, 6.07) is 18.6. The van der Waals surface area contributed by atoms with Crippen molar-refractivity contribution < 1.29 is 4.79 Å². The summed E-state index contributed by atoms with van der Waals surface area (Å²) >= 11 is 0. The van der Waals surface area contributed by atoms with Crippen LogP contribution in [-0.2, 0) is 16.9 Å². The van der Waals surface area contributed by atoms with E-state index in [4.69, 9.17) is 0 Å². The SMILES string of the molecule is O=C1Nc2cc(CNC3CCC4CCC3(c3ccccc3)N4)ccc2C1C1CC1. The number of nitrogens with one attached hydrogen (secondary N) is 3. The second-order valence-corrected chi connectivity index (χ2v) is 9.45. The van der Waals surface area contributed by atoms with Crippen LogP contribution in [0.4, 0.5) is 5.69 Å². The normalized spacial score (nSPS) is 32.8. The van der Waals surface area contributed by atoms with E-state index in [0.29, 0.717) is 18.0 Å². The van der Waals surface area contributed by atoms with Crippen molar-refractivity contribution in [1.29, 1.82) is 0 Å². The van der Waals surface area contributed by atoms with Gasteiger partial charge in [0.2, 0.25) is 5.91 Å². The van der Waals surface area contributed by atoms with Gasteiger partial charge in [-0.25, -0.2) is 0 Å². The molecule has 1 saturated carbocycles. The molecule has 0 aromatic heterocycles. The van der Waals surface area contributed by atoms with Crippen molar-refractivity contribution >= 4 is 11.6 Å². The van der Waals surface area contributed by atoms with E-state index in [9.17, 15) is 4.79 Å². The van der Waals surface area contributed by atoms with Gasteiger partial charge in [-0.3, -0.25) is 4.79 Å². The summed E-state index contributed by atoms with van der Waals surface area (Å²) in [7, 11) is 0. The topological polar surface area (TPSA) is 53.2 Å². The average molecular weight is 388 g/mol. The summed E-state index contributed by atoms with van der Waals surface area (Å²) in [5, 5.41) is 11.0. The zero-order chi connectivity index (χ0) is 19.4. The Morgan fingerprint density at radius 2 is 1.86 bits per heavy atom. The number of hydrogen-bond acceptors (Lipinski definition) is 3. The first-order chi connectivity index (χ1) is 14.2. The molecular weight excluding hydrogens is 358 g/mol. The minimum atomic E-state index is 0.0478. The van der Waals surface area contributed by atoms with Gasteiger partial charge in [0.05, 0.1) is 11.5 Å². The Kier molecular flexibility index (Phi) is 4.07. The fourth-order valence-electron chi connectivity index (χ4n) is 6.04. The highest BCUT2D eigenvalue weighted by Gasteiger charge is 2.49. The van der Waals surface area contributed by atoms with Gasteiger partial charge in [-0.1, -0.05) is 42.5 Å². The Morgan fingerprint density at radius 1 is 1.00 bits per heavy atom. The Hall–Kier alpha value is -2.17. The molecule has 3 fully saturated rings. The molecule has 4 nitrogen and oxygen atoms in total. The van der Waals surface area contributed by atoms with Crippen molar-refractivity contribution in [2.45, 2.75) is 68.6 Å². The molecule has 4 aliphatic rings. The molecule has 0 radical (unpaired) electrons. The van der Waals surface area contributed by atoms with Crippen molar-refractivity contribution in [2.75, 3.05) is 5.32 Å². The van der Waals surface area contributed by atoms with E-state index in [-0.39, 0.29) is 17.4 Å². The predicted octanol–water partition coefficient (Wildman–Crippen LogP) is 4.03. The fourth-order valence-corrected chi connectivity index (χ4v) is 6.04. The number of fused-ring (bicyclic) bond motifs is 3. The molecule has 4 atom stereocenters. The molecule has 6 rings (SSSR count). The maximum Gasteiger partial charge on any atom is 0.232 e. The minimum Gasteiger partial charge on any atom is -0.325 e. The molecule has 2 aromatic rings. The van der Waals surface area contributed by atoms with Crippen molar-refractivity contribution in [1.82, 2.24) is 10.6 Å². The van der Waals surface area contributed by atoms with Gasteiger partial charge in [0.1, 0.15) is 0 Å². The lowest BCUT2D eigenvalue weighted by molar-refractivity contribution is -0.117. The number of carbonyl (C=O) groups is 1. The van der Waals surface area contributed by atoms with Crippen LogP contribution < -0.4 is 16.0 Å². The van der Waals surface area contributed by atoms with E-state index in [2.05, 4.69) is 64.5 Å². The van der Waals surface area contributed by atoms with Gasteiger partial charge in [-0.2, -0.15) is 0 Å². The highest BCUT2D eigenvalue weighted by Crippen LogP contribution is 2.48. The lowest BCUT2D eigenvalue weighted by Gasteiger charge is -2.43. The van der Waals surface area contributed by atoms with Gasteiger partial charge in [-0.15, -0.1) is 0 Å². The van der Waals surface area contributed by atoms with Crippen LogP contribution in [-0.4, -0.2) is 18.0 Å². The summed E-state index contributed by atoms with van der Waals surface area (Å²) in [6.45, 7) is 0.836. The van der Waals surface area contributed by atoms with Crippen LogP contribution in [0.1, 0.15) is 61.1 Å². The molecule has 29 heavy (non-hydrogen) atoms. The number of rotatable bonds is 5. The van der Waals surface area contributed by atoms with Gasteiger partial charge >= 0.3 is 0 Å². The molecular formula is C25H29N3O. The molecule has 2 aromatic carbocycles. The van der Waals surface area contributed by atoms with Crippen molar-refractivity contribution in [3.63, 3.8) is 0 Å². The van der Waals surface area contributed by atoms with Crippen molar-refractivity contribution in [3.8, 4) is 0 Å². The lowest BCUT2D eigenvalue weighted by Crippen LogP contribution is -2.58. The van der Waals surface area contributed by atoms with Gasteiger partial charge in [0.15, 0.2) is 0 Å². The molecule has 150 valence electrons. The first-order valence-corrected chi connectivity index (χ1v) is 11.2. The Balaban J connectivity index is 1.22. The Labute approximate surface area is 172 Å². The Morgan fingerprint density at radius 3 is 2.69 bits per heavy atom. The number of amides is 1. The van der Waals surface area contributed by atoms with Crippen LogP contribution in [0.5, 0.6) is 0 Å². The largest absolute Gasteiger partial charge is 0.325 e. The smallest absolute Gasteiger partial charge is 0.232 e. The highest BCUT2D eigenvalue weighted by atomic mass is 16.2. The predicted molar refractivity (Wildman–Crippen MR) is 115 cm³/mol.